The molecule has 6 heteroatoms. The van der Waals surface area contributed by atoms with Gasteiger partial charge in [0.15, 0.2) is 0 Å². The SMILES string of the molecule is N#Cc1ccc(-c2ccn(CCOCCC3CCCN3)n2)cc1Cl. The van der Waals surface area contributed by atoms with Gasteiger partial charge in [0.1, 0.15) is 6.07 Å². The minimum absolute atomic E-state index is 0.452. The Bertz CT molecular complexity index is 716. The first-order valence-electron chi connectivity index (χ1n) is 8.31. The minimum atomic E-state index is 0.452. The highest BCUT2D eigenvalue weighted by molar-refractivity contribution is 6.32. The number of hydrogen-bond acceptors (Lipinski definition) is 4. The average molecular weight is 345 g/mol. The molecule has 2 heterocycles. The van der Waals surface area contributed by atoms with Gasteiger partial charge in [0.05, 0.1) is 29.4 Å². The quantitative estimate of drug-likeness (QED) is 0.783. The van der Waals surface area contributed by atoms with Gasteiger partial charge in [-0.15, -0.1) is 0 Å². The lowest BCUT2D eigenvalue weighted by Gasteiger charge is -2.10. The molecule has 1 saturated heterocycles. The van der Waals surface area contributed by atoms with Crippen LogP contribution in [0.4, 0.5) is 0 Å². The van der Waals surface area contributed by atoms with Crippen LogP contribution in [0.2, 0.25) is 5.02 Å². The summed E-state index contributed by atoms with van der Waals surface area (Å²) in [6, 6.07) is 9.99. The van der Waals surface area contributed by atoms with Crippen LogP contribution in [0.5, 0.6) is 0 Å². The zero-order valence-corrected chi connectivity index (χ0v) is 14.3. The smallest absolute Gasteiger partial charge is 0.101 e. The zero-order valence-electron chi connectivity index (χ0n) is 13.5. The molecule has 24 heavy (non-hydrogen) atoms. The van der Waals surface area contributed by atoms with E-state index in [0.717, 1.165) is 37.4 Å². The van der Waals surface area contributed by atoms with E-state index in [4.69, 9.17) is 21.6 Å². The number of ether oxygens (including phenoxy) is 1. The highest BCUT2D eigenvalue weighted by Crippen LogP contribution is 2.24. The van der Waals surface area contributed by atoms with Crippen molar-refractivity contribution in [2.24, 2.45) is 0 Å². The lowest BCUT2D eigenvalue weighted by Crippen LogP contribution is -2.23. The fourth-order valence-electron chi connectivity index (χ4n) is 2.89. The van der Waals surface area contributed by atoms with Crippen molar-refractivity contribution in [1.29, 1.82) is 5.26 Å². The molecule has 1 unspecified atom stereocenters. The van der Waals surface area contributed by atoms with Crippen LogP contribution < -0.4 is 5.32 Å². The third-order valence-electron chi connectivity index (χ3n) is 4.26. The molecular weight excluding hydrogens is 324 g/mol. The molecule has 0 saturated carbocycles. The van der Waals surface area contributed by atoms with Crippen molar-refractivity contribution < 1.29 is 4.74 Å². The van der Waals surface area contributed by atoms with E-state index >= 15 is 0 Å². The minimum Gasteiger partial charge on any atom is -0.379 e. The molecule has 0 amide bonds. The summed E-state index contributed by atoms with van der Waals surface area (Å²) >= 11 is 6.08. The zero-order chi connectivity index (χ0) is 16.8. The van der Waals surface area contributed by atoms with E-state index in [-0.39, 0.29) is 0 Å². The van der Waals surface area contributed by atoms with Crippen LogP contribution in [0, 0.1) is 11.3 Å². The molecule has 0 bridgehead atoms. The summed E-state index contributed by atoms with van der Waals surface area (Å²) in [5.41, 5.74) is 2.23. The number of halogens is 1. The van der Waals surface area contributed by atoms with Gasteiger partial charge in [0, 0.05) is 24.4 Å². The number of aromatic nitrogens is 2. The number of nitrogens with zero attached hydrogens (tertiary/aromatic N) is 3. The molecule has 2 aromatic rings. The van der Waals surface area contributed by atoms with Crippen LogP contribution in [-0.2, 0) is 11.3 Å². The lowest BCUT2D eigenvalue weighted by molar-refractivity contribution is 0.116. The molecule has 126 valence electrons. The van der Waals surface area contributed by atoms with Crippen LogP contribution >= 0.6 is 11.6 Å². The first-order valence-corrected chi connectivity index (χ1v) is 8.68. The van der Waals surface area contributed by atoms with Crippen LogP contribution in [0.15, 0.2) is 30.5 Å². The highest BCUT2D eigenvalue weighted by Gasteiger charge is 2.13. The molecule has 1 aromatic carbocycles. The van der Waals surface area contributed by atoms with Crippen molar-refractivity contribution in [2.75, 3.05) is 19.8 Å². The first kappa shape index (κ1) is 17.0. The van der Waals surface area contributed by atoms with Gasteiger partial charge in [-0.2, -0.15) is 10.4 Å². The van der Waals surface area contributed by atoms with E-state index in [9.17, 15) is 0 Å². The lowest BCUT2D eigenvalue weighted by atomic mass is 10.1. The van der Waals surface area contributed by atoms with E-state index in [0.29, 0.717) is 23.2 Å². The second kappa shape index (κ2) is 8.29. The summed E-state index contributed by atoms with van der Waals surface area (Å²) in [5.74, 6) is 0. The fraction of sp³-hybridized carbons (Fsp3) is 0.444. The molecule has 5 nitrogen and oxygen atoms in total. The van der Waals surface area contributed by atoms with Crippen molar-refractivity contribution in [3.63, 3.8) is 0 Å². The Kier molecular flexibility index (Phi) is 5.86. The number of rotatable bonds is 7. The van der Waals surface area contributed by atoms with Gasteiger partial charge >= 0.3 is 0 Å². The van der Waals surface area contributed by atoms with Crippen molar-refractivity contribution in [1.82, 2.24) is 15.1 Å². The second-order valence-electron chi connectivity index (χ2n) is 5.96. The van der Waals surface area contributed by atoms with Gasteiger partial charge < -0.3 is 10.1 Å². The summed E-state index contributed by atoms with van der Waals surface area (Å²) in [5, 5.41) is 17.4. The third-order valence-corrected chi connectivity index (χ3v) is 4.58. The Morgan fingerprint density at radius 3 is 3.04 bits per heavy atom. The number of nitriles is 1. The maximum absolute atomic E-state index is 8.92. The summed E-state index contributed by atoms with van der Waals surface area (Å²) in [4.78, 5) is 0. The molecule has 0 aliphatic carbocycles. The van der Waals surface area contributed by atoms with E-state index in [2.05, 4.69) is 16.5 Å². The van der Waals surface area contributed by atoms with E-state index in [1.165, 1.54) is 12.8 Å². The van der Waals surface area contributed by atoms with Gasteiger partial charge in [-0.1, -0.05) is 17.7 Å². The first-order chi connectivity index (χ1) is 11.8. The third kappa shape index (κ3) is 4.35. The van der Waals surface area contributed by atoms with E-state index in [1.54, 1.807) is 12.1 Å². The summed E-state index contributed by atoms with van der Waals surface area (Å²) in [7, 11) is 0. The van der Waals surface area contributed by atoms with Gasteiger partial charge in [-0.3, -0.25) is 4.68 Å². The van der Waals surface area contributed by atoms with Crippen molar-refractivity contribution >= 4 is 11.6 Å². The highest BCUT2D eigenvalue weighted by atomic mass is 35.5. The molecule has 1 aliphatic rings. The molecule has 1 fully saturated rings. The second-order valence-corrected chi connectivity index (χ2v) is 6.37. The van der Waals surface area contributed by atoms with Gasteiger partial charge in [-0.05, 0) is 44.0 Å². The van der Waals surface area contributed by atoms with Crippen LogP contribution in [0.25, 0.3) is 11.3 Å². The number of benzene rings is 1. The van der Waals surface area contributed by atoms with Gasteiger partial charge in [0.2, 0.25) is 0 Å². The van der Waals surface area contributed by atoms with Gasteiger partial charge in [0.25, 0.3) is 0 Å². The monoisotopic (exact) mass is 344 g/mol. The molecule has 1 N–H and O–H groups in total. The summed E-state index contributed by atoms with van der Waals surface area (Å²) in [6.07, 6.45) is 5.55. The molecular formula is C18H21ClN4O. The Balaban J connectivity index is 1.47. The molecule has 1 atom stereocenters. The van der Waals surface area contributed by atoms with Crippen LogP contribution in [-0.4, -0.2) is 35.6 Å². The molecule has 3 rings (SSSR count). The summed E-state index contributed by atoms with van der Waals surface area (Å²) < 4.78 is 7.58. The van der Waals surface area contributed by atoms with Crippen LogP contribution in [0.3, 0.4) is 0 Å². The topological polar surface area (TPSA) is 62.9 Å². The van der Waals surface area contributed by atoms with E-state index < -0.39 is 0 Å². The maximum atomic E-state index is 8.92. The van der Waals surface area contributed by atoms with Crippen LogP contribution in [0.1, 0.15) is 24.8 Å². The van der Waals surface area contributed by atoms with Crippen molar-refractivity contribution in [3.8, 4) is 17.3 Å². The molecule has 1 aliphatic heterocycles. The average Bonchev–Trinajstić information content (AvgIpc) is 3.26. The van der Waals surface area contributed by atoms with Crippen molar-refractivity contribution in [2.45, 2.75) is 31.8 Å². The Morgan fingerprint density at radius 2 is 2.29 bits per heavy atom. The Hall–Kier alpha value is -1.87. The predicted octanol–water partition coefficient (Wildman–Crippen LogP) is 3.23. The molecule has 1 aromatic heterocycles. The van der Waals surface area contributed by atoms with E-state index in [1.807, 2.05) is 23.0 Å². The normalized spacial score (nSPS) is 17.1. The Morgan fingerprint density at radius 1 is 1.38 bits per heavy atom. The predicted molar refractivity (Wildman–Crippen MR) is 93.8 cm³/mol. The maximum Gasteiger partial charge on any atom is 0.101 e. The standard InChI is InChI=1S/C18H21ClN4O/c19-17-12-14(3-4-15(17)13-20)18-5-8-23(22-18)9-11-24-10-6-16-2-1-7-21-16/h3-5,8,12,16,21H,1-2,6-7,9-11H2. The Labute approximate surface area is 147 Å². The summed E-state index contributed by atoms with van der Waals surface area (Å²) in [6.45, 7) is 3.31. The number of nitrogens with one attached hydrogen (secondary N) is 1. The largest absolute Gasteiger partial charge is 0.379 e. The molecule has 0 spiro atoms. The van der Waals surface area contributed by atoms with Gasteiger partial charge in [-0.25, -0.2) is 0 Å². The fourth-order valence-corrected chi connectivity index (χ4v) is 3.12. The van der Waals surface area contributed by atoms with Crippen molar-refractivity contribution in [3.05, 3.63) is 41.0 Å². The number of hydrogen-bond donors (Lipinski definition) is 1. The molecule has 0 radical (unpaired) electrons.